The number of carbonyl (C=O) groups is 1. The number of ketones is 1. The maximum atomic E-state index is 14.9. The number of hydrogen-bond acceptors (Lipinski definition) is 6. The Morgan fingerprint density at radius 1 is 1.08 bits per heavy atom. The standard InChI is InChI=1S/C28H28F3N3O3/c1-14-6-16(9-23(32)28(14)36)19-4-5-33-11-17(19)10-25(35)24-3-2-20(29)27(34-24)26-21(30)7-15(8-22(26)31)18-12-37-13-18/h2-5,7-8,11,14,16,18,23,28,36H,6,9-10,12-13,32H2,1H3/t14-,16+,23+,28+/m0/s1. The number of benzene rings is 1. The summed E-state index contributed by atoms with van der Waals surface area (Å²) in [7, 11) is 0. The Kier molecular flexibility index (Phi) is 7.11. The molecule has 1 saturated heterocycles. The topological polar surface area (TPSA) is 98.3 Å². The lowest BCUT2D eigenvalue weighted by molar-refractivity contribution is 0.00822. The van der Waals surface area contributed by atoms with Gasteiger partial charge in [0.2, 0.25) is 0 Å². The quantitative estimate of drug-likeness (QED) is 0.479. The molecule has 0 radical (unpaired) electrons. The minimum atomic E-state index is -0.947. The first-order valence-corrected chi connectivity index (χ1v) is 12.4. The van der Waals surface area contributed by atoms with Crippen LogP contribution in [0.2, 0.25) is 0 Å². The first-order chi connectivity index (χ1) is 17.7. The monoisotopic (exact) mass is 511 g/mol. The predicted molar refractivity (Wildman–Crippen MR) is 130 cm³/mol. The van der Waals surface area contributed by atoms with Gasteiger partial charge in [-0.15, -0.1) is 0 Å². The van der Waals surface area contributed by atoms with Crippen molar-refractivity contribution < 1.29 is 27.8 Å². The van der Waals surface area contributed by atoms with E-state index in [2.05, 4.69) is 9.97 Å². The van der Waals surface area contributed by atoms with Crippen LogP contribution in [0.3, 0.4) is 0 Å². The molecule has 3 aromatic rings. The maximum Gasteiger partial charge on any atom is 0.185 e. The number of aliphatic hydroxyl groups excluding tert-OH is 1. The number of halogens is 3. The van der Waals surface area contributed by atoms with Gasteiger partial charge in [-0.2, -0.15) is 0 Å². The van der Waals surface area contributed by atoms with E-state index in [1.165, 1.54) is 6.07 Å². The summed E-state index contributed by atoms with van der Waals surface area (Å²) in [6.07, 6.45) is 3.86. The Balaban J connectivity index is 1.42. The van der Waals surface area contributed by atoms with Gasteiger partial charge < -0.3 is 15.6 Å². The van der Waals surface area contributed by atoms with Crippen LogP contribution in [0.15, 0.2) is 42.7 Å². The van der Waals surface area contributed by atoms with E-state index in [4.69, 9.17) is 10.5 Å². The van der Waals surface area contributed by atoms with Crippen molar-refractivity contribution >= 4 is 5.78 Å². The third-order valence-corrected chi connectivity index (χ3v) is 7.51. The number of Topliss-reactive ketones (excluding diaryl/α,β-unsaturated/α-hetero) is 1. The summed E-state index contributed by atoms with van der Waals surface area (Å²) in [5.74, 6) is -3.33. The fourth-order valence-corrected chi connectivity index (χ4v) is 5.33. The number of aliphatic hydroxyl groups is 1. The number of ether oxygens (including phenoxy) is 1. The molecule has 2 aromatic heterocycles. The second-order valence-corrected chi connectivity index (χ2v) is 10.1. The van der Waals surface area contributed by atoms with E-state index in [1.807, 2.05) is 13.0 Å². The molecular weight excluding hydrogens is 483 g/mol. The molecule has 9 heteroatoms. The van der Waals surface area contributed by atoms with Gasteiger partial charge in [-0.1, -0.05) is 6.92 Å². The molecule has 37 heavy (non-hydrogen) atoms. The van der Waals surface area contributed by atoms with Gasteiger partial charge >= 0.3 is 0 Å². The van der Waals surface area contributed by atoms with Crippen LogP contribution in [0.5, 0.6) is 0 Å². The summed E-state index contributed by atoms with van der Waals surface area (Å²) in [6, 6.07) is 6.00. The average molecular weight is 512 g/mol. The van der Waals surface area contributed by atoms with Crippen LogP contribution in [-0.4, -0.2) is 46.2 Å². The third kappa shape index (κ3) is 5.03. The molecule has 0 amide bonds. The molecule has 3 N–H and O–H groups in total. The van der Waals surface area contributed by atoms with Gasteiger partial charge in [-0.3, -0.25) is 9.78 Å². The minimum Gasteiger partial charge on any atom is -0.391 e. The van der Waals surface area contributed by atoms with E-state index in [-0.39, 0.29) is 35.9 Å². The largest absolute Gasteiger partial charge is 0.391 e. The van der Waals surface area contributed by atoms with Crippen LogP contribution in [0.4, 0.5) is 13.2 Å². The molecule has 1 aliphatic carbocycles. The summed E-state index contributed by atoms with van der Waals surface area (Å²) in [5.41, 5.74) is 6.89. The molecule has 194 valence electrons. The number of aromatic nitrogens is 2. The Morgan fingerprint density at radius 2 is 1.81 bits per heavy atom. The van der Waals surface area contributed by atoms with Gasteiger partial charge in [0, 0.05) is 30.8 Å². The molecule has 2 aliphatic rings. The molecule has 0 bridgehead atoms. The van der Waals surface area contributed by atoms with Crippen molar-refractivity contribution in [1.29, 1.82) is 0 Å². The highest BCUT2D eigenvalue weighted by molar-refractivity contribution is 5.96. The number of nitrogens with zero attached hydrogens (tertiary/aromatic N) is 2. The molecule has 1 aromatic carbocycles. The molecule has 6 nitrogen and oxygen atoms in total. The lowest BCUT2D eigenvalue weighted by Crippen LogP contribution is -2.44. The van der Waals surface area contributed by atoms with Gasteiger partial charge in [0.25, 0.3) is 0 Å². The van der Waals surface area contributed by atoms with Crippen molar-refractivity contribution in [3.05, 3.63) is 82.6 Å². The zero-order chi connectivity index (χ0) is 26.3. The van der Waals surface area contributed by atoms with Crippen molar-refractivity contribution in [3.63, 3.8) is 0 Å². The van der Waals surface area contributed by atoms with E-state index >= 15 is 0 Å². The van der Waals surface area contributed by atoms with Crippen molar-refractivity contribution in [3.8, 4) is 11.3 Å². The minimum absolute atomic E-state index is 0.000195. The Morgan fingerprint density at radius 3 is 2.46 bits per heavy atom. The zero-order valence-corrected chi connectivity index (χ0v) is 20.3. The molecule has 5 rings (SSSR count). The summed E-state index contributed by atoms with van der Waals surface area (Å²) in [6.45, 7) is 2.69. The highest BCUT2D eigenvalue weighted by atomic mass is 19.1. The lowest BCUT2D eigenvalue weighted by Gasteiger charge is -2.36. The number of hydrogen-bond donors (Lipinski definition) is 2. The fraction of sp³-hybridized carbons (Fsp3) is 0.393. The van der Waals surface area contributed by atoms with E-state index in [1.54, 1.807) is 12.4 Å². The normalized spacial score (nSPS) is 24.1. The summed E-state index contributed by atoms with van der Waals surface area (Å²) in [5, 5.41) is 10.2. The molecule has 0 unspecified atom stereocenters. The van der Waals surface area contributed by atoms with Crippen LogP contribution in [0.1, 0.15) is 58.8 Å². The van der Waals surface area contributed by atoms with Crippen molar-refractivity contribution in [2.75, 3.05) is 13.2 Å². The van der Waals surface area contributed by atoms with Crippen molar-refractivity contribution in [2.24, 2.45) is 11.7 Å². The SMILES string of the molecule is C[C@H]1C[C@@H](c2ccncc2CC(=O)c2ccc(F)c(-c3c(F)cc(C4COC4)cc3F)n2)C[C@@H](N)[C@@H]1O. The predicted octanol–water partition coefficient (Wildman–Crippen LogP) is 4.30. The Bertz CT molecular complexity index is 1300. The van der Waals surface area contributed by atoms with Gasteiger partial charge in [0.15, 0.2) is 5.78 Å². The molecule has 1 saturated carbocycles. The maximum absolute atomic E-state index is 14.9. The third-order valence-electron chi connectivity index (χ3n) is 7.51. The average Bonchev–Trinajstić information content (AvgIpc) is 2.82. The van der Waals surface area contributed by atoms with Gasteiger partial charge in [-0.25, -0.2) is 18.2 Å². The smallest absolute Gasteiger partial charge is 0.185 e. The molecular formula is C28H28F3N3O3. The molecule has 4 atom stereocenters. The van der Waals surface area contributed by atoms with Crippen LogP contribution in [-0.2, 0) is 11.2 Å². The van der Waals surface area contributed by atoms with Crippen molar-refractivity contribution in [2.45, 2.75) is 50.2 Å². The first-order valence-electron chi connectivity index (χ1n) is 12.4. The molecule has 3 heterocycles. The molecule has 1 aliphatic heterocycles. The van der Waals surface area contributed by atoms with E-state index < -0.39 is 40.6 Å². The van der Waals surface area contributed by atoms with E-state index in [0.29, 0.717) is 37.2 Å². The molecule has 2 fully saturated rings. The van der Waals surface area contributed by atoms with Crippen LogP contribution >= 0.6 is 0 Å². The summed E-state index contributed by atoms with van der Waals surface area (Å²) >= 11 is 0. The van der Waals surface area contributed by atoms with Crippen LogP contribution in [0.25, 0.3) is 11.3 Å². The Labute approximate surface area is 212 Å². The number of rotatable bonds is 6. The van der Waals surface area contributed by atoms with Gasteiger partial charge in [-0.05, 0) is 71.7 Å². The van der Waals surface area contributed by atoms with E-state index in [0.717, 1.165) is 23.8 Å². The first kappa shape index (κ1) is 25.5. The highest BCUT2D eigenvalue weighted by Crippen LogP contribution is 2.37. The van der Waals surface area contributed by atoms with Crippen LogP contribution < -0.4 is 5.73 Å². The summed E-state index contributed by atoms with van der Waals surface area (Å²) < 4.78 is 49.6. The zero-order valence-electron chi connectivity index (χ0n) is 20.3. The van der Waals surface area contributed by atoms with Crippen molar-refractivity contribution in [1.82, 2.24) is 9.97 Å². The number of nitrogens with two attached hydrogens (primary N) is 1. The fourth-order valence-electron chi connectivity index (χ4n) is 5.33. The van der Waals surface area contributed by atoms with E-state index in [9.17, 15) is 23.1 Å². The summed E-state index contributed by atoms with van der Waals surface area (Å²) in [4.78, 5) is 21.4. The molecule has 0 spiro atoms. The van der Waals surface area contributed by atoms with Gasteiger partial charge in [0.1, 0.15) is 28.8 Å². The number of pyridine rings is 2. The van der Waals surface area contributed by atoms with Crippen LogP contribution in [0, 0.1) is 23.4 Å². The Hall–Kier alpha value is -3.14. The lowest BCUT2D eigenvalue weighted by atomic mass is 9.74. The second kappa shape index (κ2) is 10.3. The second-order valence-electron chi connectivity index (χ2n) is 10.1. The number of carbonyl (C=O) groups excluding carboxylic acids is 1. The van der Waals surface area contributed by atoms with Gasteiger partial charge in [0.05, 0.1) is 24.9 Å². The highest BCUT2D eigenvalue weighted by Gasteiger charge is 2.34.